The highest BCUT2D eigenvalue weighted by atomic mass is 16.1. The van der Waals surface area contributed by atoms with Crippen LogP contribution in [-0.2, 0) is 0 Å². The lowest BCUT2D eigenvalue weighted by Gasteiger charge is -2.31. The summed E-state index contributed by atoms with van der Waals surface area (Å²) in [5.41, 5.74) is 6.60. The number of anilines is 1. The second-order valence-corrected chi connectivity index (χ2v) is 7.47. The van der Waals surface area contributed by atoms with Crippen molar-refractivity contribution in [2.75, 3.05) is 18.0 Å². The SMILES string of the molecule is N#Cc1c(N2CCCCC2)cc(-c2ccccc2)c2c1-c1ccccc1C2=O. The predicted molar refractivity (Wildman–Crippen MR) is 112 cm³/mol. The highest BCUT2D eigenvalue weighted by Gasteiger charge is 2.34. The van der Waals surface area contributed by atoms with E-state index < -0.39 is 0 Å². The molecule has 0 spiro atoms. The fourth-order valence-electron chi connectivity index (χ4n) is 4.55. The summed E-state index contributed by atoms with van der Waals surface area (Å²) in [5.74, 6) is 0.0196. The molecule has 2 aliphatic rings. The van der Waals surface area contributed by atoms with Crippen LogP contribution in [0.3, 0.4) is 0 Å². The highest BCUT2D eigenvalue weighted by Crippen LogP contribution is 2.47. The normalized spacial score (nSPS) is 15.1. The number of rotatable bonds is 2. The average molecular weight is 364 g/mol. The molecule has 0 unspecified atom stereocenters. The molecule has 0 amide bonds. The number of hydrogen-bond donors (Lipinski definition) is 0. The molecule has 1 heterocycles. The van der Waals surface area contributed by atoms with Crippen LogP contribution in [0.4, 0.5) is 5.69 Å². The van der Waals surface area contributed by atoms with Gasteiger partial charge in [-0.15, -0.1) is 0 Å². The molecule has 5 rings (SSSR count). The maximum absolute atomic E-state index is 13.3. The third kappa shape index (κ3) is 2.46. The molecule has 0 saturated carbocycles. The van der Waals surface area contributed by atoms with Gasteiger partial charge in [0.1, 0.15) is 6.07 Å². The Morgan fingerprint density at radius 2 is 1.46 bits per heavy atom. The lowest BCUT2D eigenvalue weighted by molar-refractivity contribution is 0.104. The molecule has 0 N–H and O–H groups in total. The van der Waals surface area contributed by atoms with Gasteiger partial charge in [0.25, 0.3) is 0 Å². The van der Waals surface area contributed by atoms with Gasteiger partial charge in [-0.05, 0) is 42.0 Å². The molecule has 28 heavy (non-hydrogen) atoms. The number of nitriles is 1. The standard InChI is InChI=1S/C25H20N2O/c26-16-21-22(27-13-7-2-8-14-27)15-20(17-9-3-1-4-10-17)24-23(21)18-11-5-6-12-19(18)25(24)28/h1,3-6,9-12,15H,2,7-8,13-14H2. The molecule has 1 aliphatic carbocycles. The first kappa shape index (κ1) is 16.8. The van der Waals surface area contributed by atoms with Crippen molar-refractivity contribution in [3.63, 3.8) is 0 Å². The fraction of sp³-hybridized carbons (Fsp3) is 0.200. The minimum absolute atomic E-state index is 0.0196. The van der Waals surface area contributed by atoms with E-state index in [1.54, 1.807) is 0 Å². The van der Waals surface area contributed by atoms with Crippen LogP contribution < -0.4 is 4.90 Å². The Bertz CT molecular complexity index is 1120. The number of ketones is 1. The van der Waals surface area contributed by atoms with E-state index in [0.29, 0.717) is 16.7 Å². The van der Waals surface area contributed by atoms with Crippen molar-refractivity contribution in [1.82, 2.24) is 0 Å². The van der Waals surface area contributed by atoms with Gasteiger partial charge in [-0.25, -0.2) is 0 Å². The van der Waals surface area contributed by atoms with E-state index in [1.165, 1.54) is 6.42 Å². The molecule has 3 nitrogen and oxygen atoms in total. The summed E-state index contributed by atoms with van der Waals surface area (Å²) < 4.78 is 0. The Kier molecular flexibility index (Phi) is 3.98. The van der Waals surface area contributed by atoms with E-state index in [1.807, 2.05) is 54.6 Å². The number of fused-ring (bicyclic) bond motifs is 3. The smallest absolute Gasteiger partial charge is 0.194 e. The topological polar surface area (TPSA) is 44.1 Å². The second-order valence-electron chi connectivity index (χ2n) is 7.47. The van der Waals surface area contributed by atoms with E-state index in [9.17, 15) is 10.1 Å². The Morgan fingerprint density at radius 1 is 0.786 bits per heavy atom. The van der Waals surface area contributed by atoms with E-state index in [2.05, 4.69) is 17.0 Å². The lowest BCUT2D eigenvalue weighted by Crippen LogP contribution is -2.30. The van der Waals surface area contributed by atoms with Gasteiger partial charge in [0, 0.05) is 29.8 Å². The summed E-state index contributed by atoms with van der Waals surface area (Å²) in [5, 5.41) is 10.1. The minimum Gasteiger partial charge on any atom is -0.370 e. The molecule has 3 aromatic carbocycles. The average Bonchev–Trinajstić information content (AvgIpc) is 3.07. The molecule has 1 saturated heterocycles. The van der Waals surface area contributed by atoms with Crippen LogP contribution in [0, 0.1) is 11.3 Å². The van der Waals surface area contributed by atoms with Crippen LogP contribution in [-0.4, -0.2) is 18.9 Å². The Labute approximate surface area is 164 Å². The summed E-state index contributed by atoms with van der Waals surface area (Å²) in [6.07, 6.45) is 3.51. The zero-order valence-corrected chi connectivity index (χ0v) is 15.6. The lowest BCUT2D eigenvalue weighted by atomic mass is 9.90. The Hall–Kier alpha value is -3.38. The number of piperidine rings is 1. The van der Waals surface area contributed by atoms with Gasteiger partial charge >= 0.3 is 0 Å². The Balaban J connectivity index is 1.85. The molecule has 0 aromatic heterocycles. The first-order valence-corrected chi connectivity index (χ1v) is 9.85. The summed E-state index contributed by atoms with van der Waals surface area (Å²) in [4.78, 5) is 15.6. The first-order valence-electron chi connectivity index (χ1n) is 9.85. The monoisotopic (exact) mass is 364 g/mol. The van der Waals surface area contributed by atoms with E-state index in [-0.39, 0.29) is 5.78 Å². The van der Waals surface area contributed by atoms with Crippen LogP contribution in [0.25, 0.3) is 22.3 Å². The summed E-state index contributed by atoms with van der Waals surface area (Å²) in [6.45, 7) is 1.91. The minimum atomic E-state index is 0.0196. The van der Waals surface area contributed by atoms with Crippen molar-refractivity contribution >= 4 is 11.5 Å². The van der Waals surface area contributed by atoms with Crippen molar-refractivity contribution in [2.45, 2.75) is 19.3 Å². The molecular weight excluding hydrogens is 344 g/mol. The van der Waals surface area contributed by atoms with E-state index in [4.69, 9.17) is 0 Å². The van der Waals surface area contributed by atoms with Gasteiger partial charge in [-0.2, -0.15) is 5.26 Å². The second kappa shape index (κ2) is 6.65. The number of carbonyl (C=O) groups excluding carboxylic acids is 1. The van der Waals surface area contributed by atoms with Crippen molar-refractivity contribution in [3.8, 4) is 28.3 Å². The molecule has 136 valence electrons. The number of carbonyl (C=O) groups is 1. The summed E-state index contributed by atoms with van der Waals surface area (Å²) >= 11 is 0. The molecular formula is C25H20N2O. The number of nitrogens with zero attached hydrogens (tertiary/aromatic N) is 2. The number of hydrogen-bond acceptors (Lipinski definition) is 3. The maximum Gasteiger partial charge on any atom is 0.194 e. The molecule has 3 heteroatoms. The molecule has 0 atom stereocenters. The van der Waals surface area contributed by atoms with Crippen LogP contribution in [0.5, 0.6) is 0 Å². The number of benzene rings is 3. The van der Waals surface area contributed by atoms with Crippen molar-refractivity contribution in [1.29, 1.82) is 5.26 Å². The maximum atomic E-state index is 13.3. The summed E-state index contributed by atoms with van der Waals surface area (Å²) in [7, 11) is 0. The van der Waals surface area contributed by atoms with E-state index >= 15 is 0 Å². The zero-order valence-electron chi connectivity index (χ0n) is 15.6. The van der Waals surface area contributed by atoms with Gasteiger partial charge in [0.2, 0.25) is 0 Å². The first-order chi connectivity index (χ1) is 13.8. The van der Waals surface area contributed by atoms with Gasteiger partial charge in [-0.1, -0.05) is 54.6 Å². The molecule has 0 bridgehead atoms. The molecule has 0 radical (unpaired) electrons. The van der Waals surface area contributed by atoms with Crippen molar-refractivity contribution < 1.29 is 4.79 Å². The van der Waals surface area contributed by atoms with E-state index in [0.717, 1.165) is 53.9 Å². The zero-order chi connectivity index (χ0) is 19.1. The summed E-state index contributed by atoms with van der Waals surface area (Å²) in [6, 6.07) is 22.2. The highest BCUT2D eigenvalue weighted by molar-refractivity contribution is 6.26. The van der Waals surface area contributed by atoms with Gasteiger partial charge < -0.3 is 4.90 Å². The largest absolute Gasteiger partial charge is 0.370 e. The molecule has 1 aliphatic heterocycles. The third-order valence-corrected chi connectivity index (χ3v) is 5.87. The van der Waals surface area contributed by atoms with Crippen LogP contribution >= 0.6 is 0 Å². The van der Waals surface area contributed by atoms with Crippen molar-refractivity contribution in [2.24, 2.45) is 0 Å². The van der Waals surface area contributed by atoms with Crippen molar-refractivity contribution in [3.05, 3.63) is 77.4 Å². The molecule has 3 aromatic rings. The Morgan fingerprint density at radius 3 is 2.18 bits per heavy atom. The van der Waals surface area contributed by atoms with Crippen LogP contribution in [0.2, 0.25) is 0 Å². The van der Waals surface area contributed by atoms with Crippen LogP contribution in [0.1, 0.15) is 40.7 Å². The van der Waals surface area contributed by atoms with Gasteiger partial charge in [0.15, 0.2) is 5.78 Å². The third-order valence-electron chi connectivity index (χ3n) is 5.87. The van der Waals surface area contributed by atoms with Gasteiger partial charge in [-0.3, -0.25) is 4.79 Å². The van der Waals surface area contributed by atoms with Gasteiger partial charge in [0.05, 0.1) is 11.3 Å². The molecule has 1 fully saturated rings. The fourth-order valence-corrected chi connectivity index (χ4v) is 4.55. The van der Waals surface area contributed by atoms with Crippen LogP contribution in [0.15, 0.2) is 60.7 Å². The quantitative estimate of drug-likeness (QED) is 0.476. The predicted octanol–water partition coefficient (Wildman–Crippen LogP) is 5.43.